The molecule has 3 heterocycles. The Kier molecular flexibility index (Phi) is 5.63. The van der Waals surface area contributed by atoms with Gasteiger partial charge in [0.25, 0.3) is 0 Å². The van der Waals surface area contributed by atoms with E-state index in [4.69, 9.17) is 0 Å². The van der Waals surface area contributed by atoms with Crippen LogP contribution in [-0.4, -0.2) is 9.13 Å². The van der Waals surface area contributed by atoms with E-state index in [1.54, 1.807) is 0 Å². The molecule has 2 aromatic heterocycles. The third kappa shape index (κ3) is 3.85. The van der Waals surface area contributed by atoms with Crippen LogP contribution in [0.5, 0.6) is 0 Å². The molecule has 8 aromatic carbocycles. The summed E-state index contributed by atoms with van der Waals surface area (Å²) in [6, 6.07) is 62.4. The van der Waals surface area contributed by atoms with Gasteiger partial charge >= 0.3 is 0 Å². The first kappa shape index (κ1) is 27.0. The predicted molar refractivity (Wildman–Crippen MR) is 208 cm³/mol. The van der Waals surface area contributed by atoms with Crippen molar-refractivity contribution < 1.29 is 0 Å². The zero-order valence-electron chi connectivity index (χ0n) is 26.5. The molecule has 10 aromatic rings. The van der Waals surface area contributed by atoms with Gasteiger partial charge in [-0.15, -0.1) is 0 Å². The molecule has 11 rings (SSSR count). The highest BCUT2D eigenvalue weighted by molar-refractivity contribution is 7.99. The SMILES string of the molecule is c1ccc(-n2c3ccccc3c3cc(-c4ccc5c(c4)-c4cc6c(c7cccc(c47)S5)c4ccccc4n6-c4ccccc4)ccc32)cc1. The quantitative estimate of drug-likeness (QED) is 0.187. The van der Waals surface area contributed by atoms with Gasteiger partial charge in [0, 0.05) is 48.1 Å². The highest BCUT2D eigenvalue weighted by Gasteiger charge is 2.24. The van der Waals surface area contributed by atoms with E-state index in [-0.39, 0.29) is 0 Å². The van der Waals surface area contributed by atoms with Gasteiger partial charge in [-0.1, -0.05) is 109 Å². The van der Waals surface area contributed by atoms with Crippen molar-refractivity contribution in [1.29, 1.82) is 0 Å². The Labute approximate surface area is 287 Å². The zero-order valence-corrected chi connectivity index (χ0v) is 27.3. The van der Waals surface area contributed by atoms with Gasteiger partial charge in [0.15, 0.2) is 0 Å². The van der Waals surface area contributed by atoms with Crippen molar-refractivity contribution in [2.24, 2.45) is 0 Å². The molecular weight excluding hydrogens is 613 g/mol. The third-order valence-corrected chi connectivity index (χ3v) is 11.4. The predicted octanol–water partition coefficient (Wildman–Crippen LogP) is 12.8. The Hall–Kier alpha value is -6.03. The smallest absolute Gasteiger partial charge is 0.0553 e. The highest BCUT2D eigenvalue weighted by atomic mass is 32.2. The van der Waals surface area contributed by atoms with Crippen LogP contribution in [0.15, 0.2) is 180 Å². The molecule has 228 valence electrons. The van der Waals surface area contributed by atoms with Gasteiger partial charge in [-0.05, 0) is 100 Å². The number of hydrogen-bond donors (Lipinski definition) is 0. The van der Waals surface area contributed by atoms with Crippen LogP contribution >= 0.6 is 11.8 Å². The molecule has 0 fully saturated rings. The molecule has 0 radical (unpaired) electrons. The average Bonchev–Trinajstić information content (AvgIpc) is 3.68. The minimum atomic E-state index is 1.18. The van der Waals surface area contributed by atoms with E-state index in [1.807, 2.05) is 11.8 Å². The Bertz CT molecular complexity index is 2950. The summed E-state index contributed by atoms with van der Waals surface area (Å²) in [4.78, 5) is 2.62. The average molecular weight is 641 g/mol. The molecule has 0 bridgehead atoms. The first-order valence-corrected chi connectivity index (χ1v) is 17.6. The molecule has 0 aliphatic carbocycles. The fourth-order valence-electron chi connectivity index (χ4n) is 8.19. The lowest BCUT2D eigenvalue weighted by molar-refractivity contribution is 1.18. The molecule has 49 heavy (non-hydrogen) atoms. The summed E-state index contributed by atoms with van der Waals surface area (Å²) in [6.07, 6.45) is 0. The second kappa shape index (κ2) is 10.2. The normalized spacial score (nSPS) is 12.4. The maximum Gasteiger partial charge on any atom is 0.0553 e. The fourth-order valence-corrected chi connectivity index (χ4v) is 9.31. The molecule has 1 aliphatic heterocycles. The first-order valence-electron chi connectivity index (χ1n) is 16.8. The number of rotatable bonds is 3. The number of benzene rings is 8. The van der Waals surface area contributed by atoms with Crippen LogP contribution in [0.4, 0.5) is 0 Å². The van der Waals surface area contributed by atoms with Gasteiger partial charge in [-0.3, -0.25) is 0 Å². The molecule has 2 nitrogen and oxygen atoms in total. The Morgan fingerprint density at radius 2 is 0.918 bits per heavy atom. The summed E-state index contributed by atoms with van der Waals surface area (Å²) in [5, 5.41) is 7.81. The zero-order chi connectivity index (χ0) is 32.1. The number of para-hydroxylation sites is 4. The molecule has 0 unspecified atom stereocenters. The molecule has 0 saturated carbocycles. The third-order valence-electron chi connectivity index (χ3n) is 10.3. The van der Waals surface area contributed by atoms with Crippen LogP contribution < -0.4 is 0 Å². The van der Waals surface area contributed by atoms with Crippen molar-refractivity contribution in [3.63, 3.8) is 0 Å². The van der Waals surface area contributed by atoms with Crippen LogP contribution in [0, 0.1) is 0 Å². The lowest BCUT2D eigenvalue weighted by Gasteiger charge is -2.22. The number of fused-ring (bicyclic) bond motifs is 9. The van der Waals surface area contributed by atoms with Crippen molar-refractivity contribution in [2.75, 3.05) is 0 Å². The standard InChI is InChI=1S/C46H28N2S/c1-3-12-31(13-4-1)47-39-19-9-7-16-33(39)36-26-29(22-24-41(36)47)30-23-25-43-37(27-30)38-28-42-45(35-18-11-21-44(49-43)46(35)38)34-17-8-10-20-40(34)48(42)32-14-5-2-6-15-32/h1-28H. The van der Waals surface area contributed by atoms with E-state index in [1.165, 1.54) is 97.8 Å². The second-order valence-electron chi connectivity index (χ2n) is 12.9. The molecule has 0 N–H and O–H groups in total. The molecule has 0 atom stereocenters. The van der Waals surface area contributed by atoms with Crippen LogP contribution in [0.25, 0.3) is 88.0 Å². The lowest BCUT2D eigenvalue weighted by atomic mass is 9.92. The Balaban J connectivity index is 1.16. The Morgan fingerprint density at radius 3 is 1.69 bits per heavy atom. The summed E-state index contributed by atoms with van der Waals surface area (Å²) in [6.45, 7) is 0. The molecule has 3 heteroatoms. The summed E-state index contributed by atoms with van der Waals surface area (Å²) in [5.74, 6) is 0. The van der Waals surface area contributed by atoms with Crippen molar-refractivity contribution >= 4 is 66.1 Å². The summed E-state index contributed by atoms with van der Waals surface area (Å²) >= 11 is 1.89. The molecule has 0 amide bonds. The van der Waals surface area contributed by atoms with Gasteiger partial charge in [-0.25, -0.2) is 0 Å². The van der Waals surface area contributed by atoms with Crippen molar-refractivity contribution in [1.82, 2.24) is 9.13 Å². The summed E-state index contributed by atoms with van der Waals surface area (Å²) < 4.78 is 4.82. The topological polar surface area (TPSA) is 9.86 Å². The van der Waals surface area contributed by atoms with E-state index >= 15 is 0 Å². The van der Waals surface area contributed by atoms with Gasteiger partial charge in [0.2, 0.25) is 0 Å². The van der Waals surface area contributed by atoms with Crippen LogP contribution in [0.3, 0.4) is 0 Å². The van der Waals surface area contributed by atoms with Gasteiger partial charge in [0.05, 0.1) is 22.1 Å². The van der Waals surface area contributed by atoms with Crippen LogP contribution in [-0.2, 0) is 0 Å². The van der Waals surface area contributed by atoms with Gasteiger partial charge in [0.1, 0.15) is 0 Å². The number of nitrogens with zero attached hydrogens (tertiary/aromatic N) is 2. The summed E-state index contributed by atoms with van der Waals surface area (Å²) in [7, 11) is 0. The van der Waals surface area contributed by atoms with E-state index in [0.717, 1.165) is 0 Å². The lowest BCUT2D eigenvalue weighted by Crippen LogP contribution is -1.97. The van der Waals surface area contributed by atoms with Crippen molar-refractivity contribution in [3.8, 4) is 33.6 Å². The van der Waals surface area contributed by atoms with Crippen molar-refractivity contribution in [2.45, 2.75) is 9.79 Å². The largest absolute Gasteiger partial charge is 0.309 e. The van der Waals surface area contributed by atoms with Gasteiger partial charge in [-0.2, -0.15) is 0 Å². The van der Waals surface area contributed by atoms with Gasteiger partial charge < -0.3 is 9.13 Å². The van der Waals surface area contributed by atoms with E-state index in [9.17, 15) is 0 Å². The molecular formula is C46H28N2S. The minimum absolute atomic E-state index is 1.18. The van der Waals surface area contributed by atoms with E-state index in [2.05, 4.69) is 179 Å². The van der Waals surface area contributed by atoms with Crippen LogP contribution in [0.2, 0.25) is 0 Å². The van der Waals surface area contributed by atoms with E-state index < -0.39 is 0 Å². The van der Waals surface area contributed by atoms with Crippen LogP contribution in [0.1, 0.15) is 0 Å². The molecule has 0 saturated heterocycles. The monoisotopic (exact) mass is 640 g/mol. The maximum atomic E-state index is 2.45. The molecule has 0 spiro atoms. The highest BCUT2D eigenvalue weighted by Crippen LogP contribution is 2.52. The maximum absolute atomic E-state index is 2.45. The van der Waals surface area contributed by atoms with E-state index in [0.29, 0.717) is 0 Å². The molecule has 1 aliphatic rings. The fraction of sp³-hybridized carbons (Fsp3) is 0. The second-order valence-corrected chi connectivity index (χ2v) is 14.0. The number of hydrogen-bond acceptors (Lipinski definition) is 1. The van der Waals surface area contributed by atoms with Crippen molar-refractivity contribution in [3.05, 3.63) is 170 Å². The summed E-state index contributed by atoms with van der Waals surface area (Å²) in [5.41, 5.74) is 12.3. The number of aromatic nitrogens is 2. The first-order chi connectivity index (χ1) is 24.3. The minimum Gasteiger partial charge on any atom is -0.309 e. The Morgan fingerprint density at radius 1 is 0.327 bits per heavy atom.